The van der Waals surface area contributed by atoms with Crippen molar-refractivity contribution in [2.45, 2.75) is 32.6 Å². The smallest absolute Gasteiger partial charge is 0.0718 e. The molecule has 1 unspecified atom stereocenters. The van der Waals surface area contributed by atoms with Crippen molar-refractivity contribution < 1.29 is 0 Å². The van der Waals surface area contributed by atoms with E-state index in [1.165, 1.54) is 65.9 Å². The second-order valence-corrected chi connectivity index (χ2v) is 16.3. The summed E-state index contributed by atoms with van der Waals surface area (Å²) >= 11 is 0. The lowest BCUT2D eigenvalue weighted by atomic mass is 9.81. The first-order chi connectivity index (χ1) is 22.9. The normalized spacial score (nSPS) is 18.1. The minimum Gasteiger partial charge on any atom is -0.252 e. The molecule has 8 rings (SSSR count). The van der Waals surface area contributed by atoms with Crippen LogP contribution in [0, 0.1) is 0 Å². The highest BCUT2D eigenvalue weighted by molar-refractivity contribution is 7.89. The fraction of sp³-hybridized carbons (Fsp3) is 0.111. The quantitative estimate of drug-likeness (QED) is 0.132. The molecule has 1 atom stereocenters. The van der Waals surface area contributed by atoms with Crippen LogP contribution in [0.2, 0.25) is 0 Å². The van der Waals surface area contributed by atoms with Gasteiger partial charge in [-0.05, 0) is 98.4 Å². The Bertz CT molecular complexity index is 2320. The monoisotopic (exact) mass is 623 g/mol. The lowest BCUT2D eigenvalue weighted by molar-refractivity contribution is 0.660. The lowest BCUT2D eigenvalue weighted by Gasteiger charge is -2.26. The van der Waals surface area contributed by atoms with Crippen molar-refractivity contribution in [1.29, 1.82) is 0 Å². The van der Waals surface area contributed by atoms with Gasteiger partial charge in [0.05, 0.1) is 5.70 Å². The van der Waals surface area contributed by atoms with Crippen molar-refractivity contribution in [2.75, 3.05) is 0 Å². The highest BCUT2D eigenvalue weighted by Crippen LogP contribution is 2.52. The molecule has 0 aliphatic heterocycles. The van der Waals surface area contributed by atoms with Crippen molar-refractivity contribution in [3.8, 4) is 11.1 Å². The Morgan fingerprint density at radius 2 is 1.51 bits per heavy atom. The second-order valence-electron chi connectivity index (χ2n) is 13.3. The van der Waals surface area contributed by atoms with Gasteiger partial charge >= 0.3 is 0 Å². The third-order valence-electron chi connectivity index (χ3n) is 10.0. The number of allylic oxidation sites excluding steroid dienone is 7. The first kappa shape index (κ1) is 29.4. The van der Waals surface area contributed by atoms with Gasteiger partial charge in [-0.15, -0.1) is 0 Å². The number of aliphatic imine (C=N–C) groups is 1. The molecule has 0 amide bonds. The Hall–Kier alpha value is -4.97. The molecular formula is C45H38NP. The Morgan fingerprint density at radius 3 is 2.32 bits per heavy atom. The summed E-state index contributed by atoms with van der Waals surface area (Å²) in [5, 5.41) is 5.18. The molecule has 0 saturated heterocycles. The number of rotatable bonds is 6. The summed E-state index contributed by atoms with van der Waals surface area (Å²) in [4.78, 5) is 5.21. The average Bonchev–Trinajstić information content (AvgIpc) is 3.57. The van der Waals surface area contributed by atoms with Crippen molar-refractivity contribution in [1.82, 2.24) is 0 Å². The van der Waals surface area contributed by atoms with Crippen LogP contribution in [-0.4, -0.2) is 12.0 Å². The molecule has 0 spiro atoms. The molecule has 0 fully saturated rings. The van der Waals surface area contributed by atoms with Crippen LogP contribution in [0.1, 0.15) is 55.0 Å². The van der Waals surface area contributed by atoms with E-state index in [-0.39, 0.29) is 5.41 Å². The molecule has 0 aromatic heterocycles. The van der Waals surface area contributed by atoms with Gasteiger partial charge in [0.2, 0.25) is 0 Å². The summed E-state index contributed by atoms with van der Waals surface area (Å²) in [6, 6.07) is 37.9. The van der Waals surface area contributed by atoms with E-state index in [1.807, 2.05) is 0 Å². The van der Waals surface area contributed by atoms with Gasteiger partial charge in [0.15, 0.2) is 0 Å². The molecule has 5 aromatic carbocycles. The molecule has 1 nitrogen and oxygen atoms in total. The van der Waals surface area contributed by atoms with Gasteiger partial charge in [-0.2, -0.15) is 0 Å². The zero-order valence-electron chi connectivity index (χ0n) is 27.2. The molecule has 2 heteroatoms. The lowest BCUT2D eigenvalue weighted by Crippen LogP contribution is -2.20. The standard InChI is InChI=1S/C45H38NP/c1-5-6-10-26-47(4,36-19-8-7-9-20-36)37-23-25-39-38-24-22-33(28-41(38)45(2,3)42(39)30-37)32-16-12-18-35(27-32)46-43-29-34-17-11-14-31-15-13-21-40(43)44(31)34/h5-17,19-30H,4,18H2,1-3H3/b6-5-,26-10-,46-35?. The molecular weight excluding hydrogens is 585 g/mol. The van der Waals surface area contributed by atoms with E-state index in [4.69, 9.17) is 11.3 Å². The number of nitrogens with zero attached hydrogens (tertiary/aromatic N) is 1. The zero-order chi connectivity index (χ0) is 32.2. The fourth-order valence-electron chi connectivity index (χ4n) is 7.50. The summed E-state index contributed by atoms with van der Waals surface area (Å²) in [5.74, 6) is 2.33. The van der Waals surface area contributed by atoms with E-state index in [0.717, 1.165) is 17.8 Å². The second kappa shape index (κ2) is 11.4. The Labute approximate surface area is 278 Å². The predicted molar refractivity (Wildman–Crippen MR) is 209 cm³/mol. The number of hydrogen-bond acceptors (Lipinski definition) is 1. The summed E-state index contributed by atoms with van der Waals surface area (Å²) in [7, 11) is 0. The van der Waals surface area contributed by atoms with Crippen LogP contribution in [0.3, 0.4) is 0 Å². The third kappa shape index (κ3) is 4.89. The van der Waals surface area contributed by atoms with E-state index in [1.54, 1.807) is 0 Å². The van der Waals surface area contributed by atoms with Gasteiger partial charge in [0.1, 0.15) is 0 Å². The summed E-state index contributed by atoms with van der Waals surface area (Å²) in [6.07, 6.45) is 21.1. The van der Waals surface area contributed by atoms with Crippen LogP contribution < -0.4 is 10.6 Å². The highest BCUT2D eigenvalue weighted by atomic mass is 31.2. The van der Waals surface area contributed by atoms with Gasteiger partial charge < -0.3 is 0 Å². The first-order valence-electron chi connectivity index (χ1n) is 16.5. The molecule has 0 radical (unpaired) electrons. The van der Waals surface area contributed by atoms with E-state index in [9.17, 15) is 0 Å². The average molecular weight is 624 g/mol. The van der Waals surface area contributed by atoms with Crippen LogP contribution in [-0.2, 0) is 5.41 Å². The van der Waals surface area contributed by atoms with Gasteiger partial charge in [-0.3, -0.25) is 4.99 Å². The van der Waals surface area contributed by atoms with Crippen LogP contribution in [0.25, 0.3) is 39.2 Å². The molecule has 5 aromatic rings. The SMILES string of the molecule is C=P(/C=C\C=C/C)(c1ccccc1)c1ccc2c(c1)C(C)(C)c1cc(C3=CC(=NC4=Cc5cccc6cccc4c56)CC=C3)ccc1-2. The Kier molecular flexibility index (Phi) is 7.12. The minimum atomic E-state index is -1.99. The first-order valence-corrected chi connectivity index (χ1v) is 18.5. The molecule has 0 N–H and O–H groups in total. The summed E-state index contributed by atoms with van der Waals surface area (Å²) < 4.78 is 0. The number of fused-ring (bicyclic) bond motifs is 3. The van der Waals surface area contributed by atoms with E-state index < -0.39 is 6.89 Å². The maximum Gasteiger partial charge on any atom is 0.0718 e. The molecule has 3 aliphatic rings. The Balaban J connectivity index is 1.15. The van der Waals surface area contributed by atoms with Crippen LogP contribution in [0.5, 0.6) is 0 Å². The topological polar surface area (TPSA) is 12.4 Å². The summed E-state index contributed by atoms with van der Waals surface area (Å²) in [5.41, 5.74) is 12.3. The van der Waals surface area contributed by atoms with Crippen LogP contribution in [0.4, 0.5) is 0 Å². The zero-order valence-corrected chi connectivity index (χ0v) is 28.1. The van der Waals surface area contributed by atoms with E-state index >= 15 is 0 Å². The molecule has 3 aliphatic carbocycles. The molecule has 228 valence electrons. The van der Waals surface area contributed by atoms with Gasteiger partial charge in [-0.25, -0.2) is 0 Å². The largest absolute Gasteiger partial charge is 0.252 e. The van der Waals surface area contributed by atoms with Crippen LogP contribution in [0.15, 0.2) is 150 Å². The maximum atomic E-state index is 5.21. The fourth-order valence-corrected chi connectivity index (χ4v) is 9.94. The number of benzene rings is 5. The van der Waals surface area contributed by atoms with Gasteiger partial charge in [0.25, 0.3) is 0 Å². The van der Waals surface area contributed by atoms with Crippen molar-refractivity contribution in [3.63, 3.8) is 0 Å². The van der Waals surface area contributed by atoms with Crippen molar-refractivity contribution in [2.24, 2.45) is 4.99 Å². The van der Waals surface area contributed by atoms with Gasteiger partial charge in [0, 0.05) is 23.1 Å². The third-order valence-corrected chi connectivity index (χ3v) is 13.1. The maximum absolute atomic E-state index is 5.21. The molecule has 47 heavy (non-hydrogen) atoms. The van der Waals surface area contributed by atoms with Crippen molar-refractivity contribution in [3.05, 3.63) is 173 Å². The summed E-state index contributed by atoms with van der Waals surface area (Å²) in [6.45, 7) is 4.81. The van der Waals surface area contributed by atoms with Gasteiger partial charge in [-0.1, -0.05) is 147 Å². The highest BCUT2D eigenvalue weighted by Gasteiger charge is 2.36. The van der Waals surface area contributed by atoms with E-state index in [2.05, 4.69) is 172 Å². The molecule has 0 bridgehead atoms. The van der Waals surface area contributed by atoms with Crippen LogP contribution >= 0.6 is 6.89 Å². The predicted octanol–water partition coefficient (Wildman–Crippen LogP) is 10.9. The molecule has 0 heterocycles. The number of hydrogen-bond donors (Lipinski definition) is 0. The van der Waals surface area contributed by atoms with E-state index in [0.29, 0.717) is 0 Å². The van der Waals surface area contributed by atoms with Crippen molar-refractivity contribution >= 4 is 57.6 Å². The minimum absolute atomic E-state index is 0.139. The molecule has 0 saturated carbocycles. The Morgan fingerprint density at radius 1 is 0.745 bits per heavy atom.